The molecule has 3 heterocycles. The van der Waals surface area contributed by atoms with Crippen molar-refractivity contribution in [1.82, 2.24) is 9.38 Å². The Labute approximate surface area is 254 Å². The highest BCUT2D eigenvalue weighted by Crippen LogP contribution is 2.44. The zero-order valence-corrected chi connectivity index (χ0v) is 25.4. The van der Waals surface area contributed by atoms with Crippen molar-refractivity contribution in [1.29, 1.82) is 0 Å². The van der Waals surface area contributed by atoms with Crippen molar-refractivity contribution < 1.29 is 28.2 Å². The lowest BCUT2D eigenvalue weighted by molar-refractivity contribution is -0.160. The fourth-order valence-corrected chi connectivity index (χ4v) is 6.02. The molecule has 1 aliphatic rings. The molecule has 44 heavy (non-hydrogen) atoms. The second-order valence-electron chi connectivity index (χ2n) is 12.3. The number of halogens is 2. The zero-order chi connectivity index (χ0) is 31.3. The number of ether oxygens (including phenoxy) is 2. The van der Waals surface area contributed by atoms with Gasteiger partial charge in [0.2, 0.25) is 0 Å². The Morgan fingerprint density at radius 2 is 1.75 bits per heavy atom. The maximum absolute atomic E-state index is 15.6. The molecule has 2 aromatic heterocycles. The van der Waals surface area contributed by atoms with E-state index in [1.54, 1.807) is 32.9 Å². The summed E-state index contributed by atoms with van der Waals surface area (Å²) in [5.74, 6) is -1.69. The normalized spacial score (nSPS) is 13.9. The number of imidazole rings is 1. The molecule has 1 atom stereocenters. The third-order valence-electron chi connectivity index (χ3n) is 7.98. The van der Waals surface area contributed by atoms with Crippen LogP contribution in [0.1, 0.15) is 55.5 Å². The van der Waals surface area contributed by atoms with Crippen molar-refractivity contribution in [2.45, 2.75) is 59.2 Å². The topological polar surface area (TPSA) is 73.1 Å². The average molecular weight is 597 g/mol. The monoisotopic (exact) mass is 596 g/mol. The van der Waals surface area contributed by atoms with Gasteiger partial charge in [0.15, 0.2) is 17.7 Å². The van der Waals surface area contributed by atoms with E-state index in [4.69, 9.17) is 14.5 Å². The van der Waals surface area contributed by atoms with Gasteiger partial charge in [-0.25, -0.2) is 18.6 Å². The Morgan fingerprint density at radius 3 is 2.45 bits per heavy atom. The van der Waals surface area contributed by atoms with E-state index in [2.05, 4.69) is 0 Å². The summed E-state index contributed by atoms with van der Waals surface area (Å²) in [6.45, 7) is 9.62. The van der Waals surface area contributed by atoms with Crippen LogP contribution in [0.4, 0.5) is 8.78 Å². The highest BCUT2D eigenvalue weighted by atomic mass is 19.1. The van der Waals surface area contributed by atoms with Gasteiger partial charge in [-0.05, 0) is 99.5 Å². The molecule has 6 rings (SSSR count). The van der Waals surface area contributed by atoms with Gasteiger partial charge in [-0.3, -0.25) is 0 Å². The minimum absolute atomic E-state index is 0.255. The molecule has 6 nitrogen and oxygen atoms in total. The van der Waals surface area contributed by atoms with E-state index in [0.29, 0.717) is 46.6 Å². The molecule has 0 unspecified atom stereocenters. The summed E-state index contributed by atoms with van der Waals surface area (Å²) in [6.07, 6.45) is 3.80. The molecule has 0 radical (unpaired) electrons. The first-order valence-electron chi connectivity index (χ1n) is 14.7. The minimum atomic E-state index is -1.33. The molecule has 1 aliphatic heterocycles. The van der Waals surface area contributed by atoms with Crippen LogP contribution in [0.2, 0.25) is 0 Å². The molecular formula is C36H34F2N2O4. The van der Waals surface area contributed by atoms with Crippen LogP contribution in [0.3, 0.4) is 0 Å². The van der Waals surface area contributed by atoms with Crippen molar-refractivity contribution in [3.63, 3.8) is 0 Å². The zero-order valence-electron chi connectivity index (χ0n) is 25.4. The number of aromatic nitrogens is 2. The third kappa shape index (κ3) is 5.46. The van der Waals surface area contributed by atoms with Gasteiger partial charge in [-0.15, -0.1) is 0 Å². The molecule has 0 amide bonds. The quantitative estimate of drug-likeness (QED) is 0.213. The van der Waals surface area contributed by atoms with Gasteiger partial charge in [0.1, 0.15) is 11.5 Å². The number of nitrogens with zero attached hydrogens (tertiary/aromatic N) is 2. The van der Waals surface area contributed by atoms with Crippen LogP contribution in [-0.2, 0) is 16.0 Å². The fraction of sp³-hybridized carbons (Fsp3) is 0.278. The van der Waals surface area contributed by atoms with Gasteiger partial charge in [0, 0.05) is 34.6 Å². The molecule has 0 bridgehead atoms. The number of hydrogen-bond donors (Lipinski definition) is 1. The average Bonchev–Trinajstić information content (AvgIpc) is 3.41. The summed E-state index contributed by atoms with van der Waals surface area (Å²) >= 11 is 0. The van der Waals surface area contributed by atoms with Crippen LogP contribution in [0.15, 0.2) is 67.0 Å². The van der Waals surface area contributed by atoms with E-state index in [1.165, 1.54) is 18.2 Å². The highest BCUT2D eigenvalue weighted by molar-refractivity contribution is 5.90. The fourth-order valence-electron chi connectivity index (χ4n) is 6.02. The Hall–Kier alpha value is -4.56. The molecule has 226 valence electrons. The van der Waals surface area contributed by atoms with Crippen molar-refractivity contribution >= 4 is 11.6 Å². The van der Waals surface area contributed by atoms with E-state index >= 15 is 4.39 Å². The summed E-state index contributed by atoms with van der Waals surface area (Å²) in [5, 5.41) is 10.4. The van der Waals surface area contributed by atoms with Gasteiger partial charge >= 0.3 is 5.97 Å². The maximum atomic E-state index is 15.6. The van der Waals surface area contributed by atoms with Gasteiger partial charge in [-0.1, -0.05) is 30.3 Å². The number of pyridine rings is 1. The van der Waals surface area contributed by atoms with E-state index in [9.17, 15) is 14.3 Å². The van der Waals surface area contributed by atoms with Crippen LogP contribution < -0.4 is 4.74 Å². The van der Waals surface area contributed by atoms with Gasteiger partial charge in [0.25, 0.3) is 0 Å². The Kier molecular flexibility index (Phi) is 7.49. The second kappa shape index (κ2) is 11.2. The van der Waals surface area contributed by atoms with Crippen LogP contribution in [-0.4, -0.2) is 32.7 Å². The Morgan fingerprint density at radius 1 is 1.02 bits per heavy atom. The second-order valence-corrected chi connectivity index (χ2v) is 12.3. The van der Waals surface area contributed by atoms with Crippen LogP contribution >= 0.6 is 0 Å². The summed E-state index contributed by atoms with van der Waals surface area (Å²) in [4.78, 5) is 17.8. The van der Waals surface area contributed by atoms with Gasteiger partial charge in [0.05, 0.1) is 17.9 Å². The molecule has 1 N–H and O–H groups in total. The lowest BCUT2D eigenvalue weighted by Gasteiger charge is -2.29. The predicted octanol–water partition coefficient (Wildman–Crippen LogP) is 8.50. The first kappa shape index (κ1) is 29.5. The predicted molar refractivity (Wildman–Crippen MR) is 166 cm³/mol. The van der Waals surface area contributed by atoms with E-state index in [0.717, 1.165) is 34.2 Å². The molecule has 3 aromatic carbocycles. The number of carboxylic acids is 1. The van der Waals surface area contributed by atoms with Gasteiger partial charge in [-0.2, -0.15) is 0 Å². The van der Waals surface area contributed by atoms with Crippen molar-refractivity contribution in [3.8, 4) is 39.3 Å². The summed E-state index contributed by atoms with van der Waals surface area (Å²) in [7, 11) is 0. The molecule has 5 aromatic rings. The Balaban J connectivity index is 1.62. The minimum Gasteiger partial charge on any atom is -0.490 e. The molecule has 0 aliphatic carbocycles. The standard InChI is InChI=1S/C36H34F2N2O4/c1-20-18-40-19-29(24-9-6-8-23(16-24)22-11-13-25(37)14-12-22)39-34(40)31(30(20)33(35(41)42)44-36(3,4)5)27-17-28(38)32-26(21(27)2)10-7-15-43-32/h6,8-9,11-14,16-19,33H,7,10,15H2,1-5H3,(H,41,42)/t33-/m1/s1. The number of hydrogen-bond acceptors (Lipinski definition) is 4. The van der Waals surface area contributed by atoms with Gasteiger partial charge < -0.3 is 19.0 Å². The van der Waals surface area contributed by atoms with E-state index in [-0.39, 0.29) is 11.6 Å². The molecule has 8 heteroatoms. The van der Waals surface area contributed by atoms with E-state index in [1.807, 2.05) is 54.9 Å². The number of aryl methyl sites for hydroxylation is 1. The molecule has 0 saturated heterocycles. The van der Waals surface area contributed by atoms with E-state index < -0.39 is 23.5 Å². The lowest BCUT2D eigenvalue weighted by Crippen LogP contribution is -2.28. The van der Waals surface area contributed by atoms with Crippen LogP contribution in [0.25, 0.3) is 39.2 Å². The molecule has 0 saturated carbocycles. The van der Waals surface area contributed by atoms with Crippen molar-refractivity contribution in [3.05, 3.63) is 101 Å². The molecule has 0 fully saturated rings. The Bertz CT molecular complexity index is 1910. The number of carboxylic acid groups (broad SMARTS) is 1. The largest absolute Gasteiger partial charge is 0.490 e. The third-order valence-corrected chi connectivity index (χ3v) is 7.98. The lowest BCUT2D eigenvalue weighted by atomic mass is 9.87. The summed E-state index contributed by atoms with van der Waals surface area (Å²) < 4.78 is 42.9. The molecule has 0 spiro atoms. The number of benzene rings is 3. The first-order valence-corrected chi connectivity index (χ1v) is 14.7. The number of fused-ring (bicyclic) bond motifs is 2. The summed E-state index contributed by atoms with van der Waals surface area (Å²) in [5.41, 5.74) is 6.69. The smallest absolute Gasteiger partial charge is 0.337 e. The van der Waals surface area contributed by atoms with Crippen LogP contribution in [0, 0.1) is 25.5 Å². The first-order chi connectivity index (χ1) is 20.9. The summed E-state index contributed by atoms with van der Waals surface area (Å²) in [6, 6.07) is 15.5. The number of aliphatic carboxylic acids is 1. The number of carbonyl (C=O) groups is 1. The SMILES string of the molecule is Cc1cn2cc(-c3cccc(-c4ccc(F)cc4)c3)nc2c(-c2cc(F)c3c(c2C)CCCO3)c1[C@@H](OC(C)(C)C)C(=O)O. The van der Waals surface area contributed by atoms with Crippen molar-refractivity contribution in [2.75, 3.05) is 6.61 Å². The maximum Gasteiger partial charge on any atom is 0.337 e. The van der Waals surface area contributed by atoms with Crippen LogP contribution in [0.5, 0.6) is 5.75 Å². The number of rotatable bonds is 6. The molecular weight excluding hydrogens is 562 g/mol. The highest BCUT2D eigenvalue weighted by Gasteiger charge is 2.34. The van der Waals surface area contributed by atoms with Crippen molar-refractivity contribution in [2.24, 2.45) is 0 Å².